The second kappa shape index (κ2) is 6.90. The van der Waals surface area contributed by atoms with E-state index in [-0.39, 0.29) is 11.5 Å². The van der Waals surface area contributed by atoms with Gasteiger partial charge in [0.2, 0.25) is 0 Å². The predicted molar refractivity (Wildman–Crippen MR) is 47.2 cm³/mol. The Morgan fingerprint density at radius 1 is 1.36 bits per heavy atom. The summed E-state index contributed by atoms with van der Waals surface area (Å²) in [6.07, 6.45) is 0. The molecule has 70 valence electrons. The van der Waals surface area contributed by atoms with Crippen LogP contribution in [0.4, 0.5) is 0 Å². The minimum absolute atomic E-state index is 0.103. The normalized spacial score (nSPS) is 10.7. The quantitative estimate of drug-likeness (QED) is 0.410. The highest BCUT2D eigenvalue weighted by Gasteiger charge is 1.87. The molecular weight excluding hydrogens is 186 g/mol. The Balaban J connectivity index is 0. The standard InChI is InChI=1S/C3H9N.C2H6O3S2/c1-4(2)3;3-7(4,5)2-1-6/h1-3H3;6H,1-2H2,(H,3,4,5). The fourth-order valence-electron chi connectivity index (χ4n) is 0.112. The molecule has 0 fully saturated rings. The fourth-order valence-corrected chi connectivity index (χ4v) is 1.01. The maximum Gasteiger partial charge on any atom is 0.0954 e. The summed E-state index contributed by atoms with van der Waals surface area (Å²) >= 11 is 3.53. The summed E-state index contributed by atoms with van der Waals surface area (Å²) in [7, 11) is 2.25. The number of rotatable bonds is 2. The fraction of sp³-hybridized carbons (Fsp3) is 1.00. The molecule has 0 aliphatic carbocycles. The van der Waals surface area contributed by atoms with Crippen LogP contribution in [0.15, 0.2) is 0 Å². The van der Waals surface area contributed by atoms with Gasteiger partial charge in [0.1, 0.15) is 0 Å². The Bertz CT molecular complexity index is 162. The second-order valence-corrected chi connectivity index (χ2v) is 4.46. The highest BCUT2D eigenvalue weighted by molar-refractivity contribution is 7.87. The van der Waals surface area contributed by atoms with Crippen LogP contribution in [-0.4, -0.2) is 45.6 Å². The van der Waals surface area contributed by atoms with Crippen molar-refractivity contribution in [2.75, 3.05) is 32.6 Å². The van der Waals surface area contributed by atoms with E-state index in [0.29, 0.717) is 0 Å². The lowest BCUT2D eigenvalue weighted by Gasteiger charge is -2.00. The van der Waals surface area contributed by atoms with Crippen LogP contribution in [0.1, 0.15) is 0 Å². The molecule has 0 bridgehead atoms. The highest BCUT2D eigenvalue weighted by Crippen LogP contribution is 1.81. The Morgan fingerprint density at radius 2 is 1.64 bits per heavy atom. The number of thiol groups is 1. The lowest BCUT2D eigenvalue weighted by molar-refractivity contribution is -0.836. The number of hydrogen-bond acceptors (Lipinski definition) is 4. The van der Waals surface area contributed by atoms with Crippen LogP contribution >= 0.6 is 12.6 Å². The van der Waals surface area contributed by atoms with Crippen molar-refractivity contribution >= 4 is 22.7 Å². The van der Waals surface area contributed by atoms with Crippen molar-refractivity contribution in [3.63, 3.8) is 0 Å². The molecule has 0 aromatic heterocycles. The van der Waals surface area contributed by atoms with Gasteiger partial charge in [-0.25, -0.2) is 8.42 Å². The Morgan fingerprint density at radius 3 is 1.64 bits per heavy atom. The molecule has 0 aromatic rings. The maximum atomic E-state index is 9.63. The van der Waals surface area contributed by atoms with E-state index in [1.165, 1.54) is 4.90 Å². The molecule has 4 nitrogen and oxygen atoms in total. The number of nitrogens with one attached hydrogen (secondary N) is 1. The van der Waals surface area contributed by atoms with E-state index < -0.39 is 10.1 Å². The van der Waals surface area contributed by atoms with Crippen molar-refractivity contribution in [3.05, 3.63) is 0 Å². The highest BCUT2D eigenvalue weighted by atomic mass is 32.2. The minimum Gasteiger partial charge on any atom is -0.748 e. The van der Waals surface area contributed by atoms with Crippen molar-refractivity contribution < 1.29 is 17.9 Å². The summed E-state index contributed by atoms with van der Waals surface area (Å²) in [5.74, 6) is -0.276. The van der Waals surface area contributed by atoms with E-state index in [2.05, 4.69) is 33.8 Å². The first kappa shape index (κ1) is 13.8. The molecule has 0 saturated heterocycles. The molecule has 0 radical (unpaired) electrons. The SMILES string of the molecule is C[NH+](C)C.O=S(=O)([O-])CCS. The smallest absolute Gasteiger partial charge is 0.0954 e. The third-order valence-corrected chi connectivity index (χ3v) is 1.57. The molecule has 11 heavy (non-hydrogen) atoms. The van der Waals surface area contributed by atoms with E-state index in [1.54, 1.807) is 0 Å². The molecule has 1 N–H and O–H groups in total. The van der Waals surface area contributed by atoms with Crippen LogP contribution in [0.5, 0.6) is 0 Å². The first-order valence-corrected chi connectivity index (χ1v) is 5.31. The molecule has 6 heteroatoms. The number of quaternary nitrogens is 1. The molecule has 0 unspecified atom stereocenters. The van der Waals surface area contributed by atoms with E-state index in [0.717, 1.165) is 0 Å². The zero-order valence-electron chi connectivity index (χ0n) is 6.99. The molecule has 0 heterocycles. The van der Waals surface area contributed by atoms with Crippen LogP contribution in [0.25, 0.3) is 0 Å². The topological polar surface area (TPSA) is 61.6 Å². The zero-order valence-corrected chi connectivity index (χ0v) is 8.71. The molecular formula is C5H15NO3S2. The van der Waals surface area contributed by atoms with Gasteiger partial charge in [-0.2, -0.15) is 12.6 Å². The maximum absolute atomic E-state index is 9.63. The summed E-state index contributed by atoms with van der Waals surface area (Å²) < 4.78 is 28.9. The molecule has 0 aliphatic rings. The largest absolute Gasteiger partial charge is 0.748 e. The summed E-state index contributed by atoms with van der Waals surface area (Å²) in [6.45, 7) is 0. The van der Waals surface area contributed by atoms with Crippen LogP contribution in [0, 0.1) is 0 Å². The van der Waals surface area contributed by atoms with Crippen molar-refractivity contribution in [1.29, 1.82) is 0 Å². The zero-order chi connectivity index (χ0) is 9.49. The van der Waals surface area contributed by atoms with Gasteiger partial charge < -0.3 is 9.45 Å². The monoisotopic (exact) mass is 201 g/mol. The molecule has 0 amide bonds. The summed E-state index contributed by atoms with van der Waals surface area (Å²) in [5, 5.41) is 0. The van der Waals surface area contributed by atoms with E-state index in [9.17, 15) is 13.0 Å². The predicted octanol–water partition coefficient (Wildman–Crippen LogP) is -1.78. The Kier molecular flexibility index (Phi) is 8.65. The first-order valence-electron chi connectivity index (χ1n) is 3.10. The second-order valence-electron chi connectivity index (χ2n) is 2.49. The van der Waals surface area contributed by atoms with Gasteiger partial charge in [-0.15, -0.1) is 0 Å². The Labute approximate surface area is 73.7 Å². The minimum atomic E-state index is -4.00. The summed E-state index contributed by atoms with van der Waals surface area (Å²) in [5.41, 5.74) is 0. The van der Waals surface area contributed by atoms with Gasteiger partial charge in [0.05, 0.1) is 31.3 Å². The summed E-state index contributed by atoms with van der Waals surface area (Å²) in [4.78, 5) is 1.42. The van der Waals surface area contributed by atoms with Gasteiger partial charge in [0.15, 0.2) is 0 Å². The molecule has 0 aromatic carbocycles. The van der Waals surface area contributed by atoms with Gasteiger partial charge in [-0.3, -0.25) is 0 Å². The molecule has 0 rings (SSSR count). The average molecular weight is 201 g/mol. The van der Waals surface area contributed by atoms with E-state index in [4.69, 9.17) is 0 Å². The lowest BCUT2D eigenvalue weighted by Crippen LogP contribution is -3.02. The average Bonchev–Trinajstić information content (AvgIpc) is 1.58. The van der Waals surface area contributed by atoms with Gasteiger partial charge >= 0.3 is 0 Å². The van der Waals surface area contributed by atoms with Crippen LogP contribution in [-0.2, 0) is 10.1 Å². The molecule has 0 aliphatic heterocycles. The van der Waals surface area contributed by atoms with Gasteiger partial charge in [0, 0.05) is 11.5 Å². The van der Waals surface area contributed by atoms with Crippen molar-refractivity contribution in [2.45, 2.75) is 0 Å². The molecule has 0 saturated carbocycles. The summed E-state index contributed by atoms with van der Waals surface area (Å²) in [6, 6.07) is 0. The van der Waals surface area contributed by atoms with E-state index in [1.807, 2.05) is 0 Å². The molecule has 0 spiro atoms. The van der Waals surface area contributed by atoms with Gasteiger partial charge in [0.25, 0.3) is 0 Å². The van der Waals surface area contributed by atoms with Crippen molar-refractivity contribution in [3.8, 4) is 0 Å². The van der Waals surface area contributed by atoms with Crippen molar-refractivity contribution in [1.82, 2.24) is 0 Å². The van der Waals surface area contributed by atoms with Crippen LogP contribution < -0.4 is 4.90 Å². The Hall–Kier alpha value is 0.220. The van der Waals surface area contributed by atoms with Crippen molar-refractivity contribution in [2.24, 2.45) is 0 Å². The van der Waals surface area contributed by atoms with Gasteiger partial charge in [-0.1, -0.05) is 0 Å². The van der Waals surface area contributed by atoms with Crippen LogP contribution in [0.3, 0.4) is 0 Å². The molecule has 0 atom stereocenters. The van der Waals surface area contributed by atoms with E-state index >= 15 is 0 Å². The third kappa shape index (κ3) is 38.8. The first-order chi connectivity index (χ1) is 4.79. The third-order valence-electron chi connectivity index (χ3n) is 0.341. The number of hydrogen-bond donors (Lipinski definition) is 2. The van der Waals surface area contributed by atoms with Crippen LogP contribution in [0.2, 0.25) is 0 Å². The van der Waals surface area contributed by atoms with Gasteiger partial charge in [-0.05, 0) is 0 Å². The lowest BCUT2D eigenvalue weighted by atomic mass is 11.0.